The number of aryl methyl sites for hydroxylation is 1. The number of esters is 1. The maximum atomic E-state index is 12.1. The van der Waals surface area contributed by atoms with E-state index in [1.165, 1.54) is 17.6 Å². The average Bonchev–Trinajstić information content (AvgIpc) is 3.23. The molecule has 0 spiro atoms. The van der Waals surface area contributed by atoms with Crippen molar-refractivity contribution in [1.29, 1.82) is 0 Å². The second-order valence-corrected chi connectivity index (χ2v) is 7.70. The van der Waals surface area contributed by atoms with E-state index >= 15 is 0 Å². The normalized spacial score (nSPS) is 18.9. The molecule has 1 fully saturated rings. The Morgan fingerprint density at radius 2 is 2.05 bits per heavy atom. The predicted octanol–water partition coefficient (Wildman–Crippen LogP) is 3.55. The van der Waals surface area contributed by atoms with Crippen LogP contribution in [0.4, 0.5) is 0 Å². The molecule has 1 aromatic carbocycles. The van der Waals surface area contributed by atoms with Gasteiger partial charge in [0.25, 0.3) is 0 Å². The van der Waals surface area contributed by atoms with Crippen molar-refractivity contribution in [2.24, 2.45) is 0 Å². The molecule has 1 aliphatic carbocycles. The summed E-state index contributed by atoms with van der Waals surface area (Å²) in [5.74, 6) is -0.161. The van der Waals surface area contributed by atoms with Crippen LogP contribution in [0.25, 0.3) is 0 Å². The summed E-state index contributed by atoms with van der Waals surface area (Å²) in [6.07, 6.45) is 3.08. The Bertz CT molecular complexity index is 484. The van der Waals surface area contributed by atoms with Gasteiger partial charge in [-0.05, 0) is 45.2 Å². The molecule has 1 N–H and O–H groups in total. The molecule has 1 aliphatic rings. The van der Waals surface area contributed by atoms with Gasteiger partial charge in [0.1, 0.15) is 5.54 Å². The third-order valence-electron chi connectivity index (χ3n) is 3.79. The van der Waals surface area contributed by atoms with Gasteiger partial charge in [-0.3, -0.25) is 10.1 Å². The molecule has 2 atom stereocenters. The first kappa shape index (κ1) is 16.4. The Hall–Kier alpha value is -1.00. The van der Waals surface area contributed by atoms with E-state index in [-0.39, 0.29) is 5.97 Å². The molecule has 3 nitrogen and oxygen atoms in total. The number of benzene rings is 1. The Morgan fingerprint density at radius 1 is 1.43 bits per heavy atom. The molecule has 1 aromatic rings. The maximum Gasteiger partial charge on any atom is 0.325 e. The van der Waals surface area contributed by atoms with Gasteiger partial charge in [0.2, 0.25) is 0 Å². The fourth-order valence-corrected chi connectivity index (χ4v) is 3.74. The van der Waals surface area contributed by atoms with Crippen LogP contribution in [-0.2, 0) is 9.53 Å². The molecule has 2 rings (SSSR count). The van der Waals surface area contributed by atoms with Gasteiger partial charge in [0.05, 0.1) is 7.11 Å². The molecule has 2 unspecified atom stereocenters. The van der Waals surface area contributed by atoms with Crippen molar-refractivity contribution < 1.29 is 9.53 Å². The Balaban J connectivity index is 1.98. The van der Waals surface area contributed by atoms with E-state index in [4.69, 9.17) is 4.74 Å². The van der Waals surface area contributed by atoms with Gasteiger partial charge in [-0.25, -0.2) is 0 Å². The summed E-state index contributed by atoms with van der Waals surface area (Å²) in [7, 11) is 1.47. The van der Waals surface area contributed by atoms with Gasteiger partial charge < -0.3 is 4.74 Å². The minimum Gasteiger partial charge on any atom is -0.468 e. The van der Waals surface area contributed by atoms with Crippen molar-refractivity contribution in [1.82, 2.24) is 5.32 Å². The van der Waals surface area contributed by atoms with Crippen molar-refractivity contribution in [3.63, 3.8) is 0 Å². The Labute approximate surface area is 131 Å². The van der Waals surface area contributed by atoms with Crippen LogP contribution in [-0.4, -0.2) is 29.9 Å². The van der Waals surface area contributed by atoms with Gasteiger partial charge in [-0.1, -0.05) is 24.6 Å². The highest BCUT2D eigenvalue weighted by Crippen LogP contribution is 2.32. The summed E-state index contributed by atoms with van der Waals surface area (Å²) in [6, 6.07) is 9.00. The van der Waals surface area contributed by atoms with E-state index < -0.39 is 5.54 Å². The van der Waals surface area contributed by atoms with Crippen molar-refractivity contribution in [3.05, 3.63) is 29.8 Å². The number of carbonyl (C=O) groups is 1. The topological polar surface area (TPSA) is 38.3 Å². The van der Waals surface area contributed by atoms with Crippen molar-refractivity contribution >= 4 is 17.7 Å². The smallest absolute Gasteiger partial charge is 0.325 e. The van der Waals surface area contributed by atoms with Crippen LogP contribution < -0.4 is 5.32 Å². The molecule has 116 valence electrons. The first-order valence-corrected chi connectivity index (χ1v) is 8.40. The highest BCUT2D eigenvalue weighted by atomic mass is 32.2. The lowest BCUT2D eigenvalue weighted by Crippen LogP contribution is -2.52. The van der Waals surface area contributed by atoms with E-state index in [0.717, 1.165) is 19.3 Å². The first-order valence-electron chi connectivity index (χ1n) is 7.52. The third kappa shape index (κ3) is 4.75. The summed E-state index contributed by atoms with van der Waals surface area (Å²) in [4.78, 5) is 13.4. The number of methoxy groups -OCH3 is 1. The highest BCUT2D eigenvalue weighted by molar-refractivity contribution is 7.99. The number of rotatable bonds is 7. The van der Waals surface area contributed by atoms with Crippen LogP contribution in [0.3, 0.4) is 0 Å². The fourth-order valence-electron chi connectivity index (χ4n) is 2.57. The van der Waals surface area contributed by atoms with Crippen LogP contribution in [0.1, 0.15) is 38.7 Å². The summed E-state index contributed by atoms with van der Waals surface area (Å²) >= 11 is 1.81. The maximum absolute atomic E-state index is 12.1. The zero-order chi connectivity index (χ0) is 15.5. The Morgan fingerprint density at radius 3 is 2.57 bits per heavy atom. The number of carbonyl (C=O) groups excluding carboxylic acids is 1. The molecule has 0 bridgehead atoms. The van der Waals surface area contributed by atoms with Crippen molar-refractivity contribution in [2.75, 3.05) is 7.11 Å². The lowest BCUT2D eigenvalue weighted by Gasteiger charge is -2.30. The van der Waals surface area contributed by atoms with E-state index in [2.05, 4.69) is 43.4 Å². The first-order chi connectivity index (χ1) is 9.93. The van der Waals surface area contributed by atoms with Gasteiger partial charge in [0, 0.05) is 16.2 Å². The van der Waals surface area contributed by atoms with E-state index in [9.17, 15) is 4.79 Å². The summed E-state index contributed by atoms with van der Waals surface area (Å²) in [6.45, 7) is 6.22. The zero-order valence-corrected chi connectivity index (χ0v) is 14.1. The quantitative estimate of drug-likeness (QED) is 0.617. The summed E-state index contributed by atoms with van der Waals surface area (Å²) in [5, 5.41) is 3.79. The minimum absolute atomic E-state index is 0.161. The molecular formula is C17H25NO2S. The largest absolute Gasteiger partial charge is 0.468 e. The molecule has 1 saturated carbocycles. The monoisotopic (exact) mass is 307 g/mol. The average molecular weight is 307 g/mol. The molecule has 0 heterocycles. The SMILES string of the molecule is COC(=O)C(C)(CC(C)Sc1ccc(C)cc1)NC1CC1. The molecule has 21 heavy (non-hydrogen) atoms. The van der Waals surface area contributed by atoms with Gasteiger partial charge in [-0.15, -0.1) is 11.8 Å². The van der Waals surface area contributed by atoms with E-state index in [0.29, 0.717) is 11.3 Å². The molecule has 0 radical (unpaired) electrons. The second-order valence-electron chi connectivity index (χ2n) is 6.19. The lowest BCUT2D eigenvalue weighted by atomic mass is 9.96. The number of nitrogens with one attached hydrogen (secondary N) is 1. The lowest BCUT2D eigenvalue weighted by molar-refractivity contribution is -0.148. The van der Waals surface area contributed by atoms with Crippen molar-refractivity contribution in [2.45, 2.75) is 61.8 Å². The highest BCUT2D eigenvalue weighted by Gasteiger charge is 2.40. The molecule has 0 aliphatic heterocycles. The van der Waals surface area contributed by atoms with Gasteiger partial charge >= 0.3 is 5.97 Å². The second kappa shape index (κ2) is 6.84. The number of ether oxygens (including phenoxy) is 1. The molecule has 4 heteroatoms. The number of thioether (sulfide) groups is 1. The summed E-state index contributed by atoms with van der Waals surface area (Å²) < 4.78 is 5.00. The summed E-state index contributed by atoms with van der Waals surface area (Å²) in [5.41, 5.74) is 0.675. The van der Waals surface area contributed by atoms with Crippen LogP contribution in [0.2, 0.25) is 0 Å². The van der Waals surface area contributed by atoms with Crippen molar-refractivity contribution in [3.8, 4) is 0 Å². The van der Waals surface area contributed by atoms with Gasteiger partial charge in [0.15, 0.2) is 0 Å². The van der Waals surface area contributed by atoms with Crippen LogP contribution in [0.5, 0.6) is 0 Å². The fraction of sp³-hybridized carbons (Fsp3) is 0.588. The minimum atomic E-state index is -0.590. The Kier molecular flexibility index (Phi) is 5.33. The predicted molar refractivity (Wildman–Crippen MR) is 87.7 cm³/mol. The van der Waals surface area contributed by atoms with Gasteiger partial charge in [-0.2, -0.15) is 0 Å². The third-order valence-corrected chi connectivity index (χ3v) is 4.90. The van der Waals surface area contributed by atoms with Crippen LogP contribution in [0, 0.1) is 6.92 Å². The standard InChI is InChI=1S/C17H25NO2S/c1-12-5-9-15(10-6-12)21-13(2)11-17(3,16(19)20-4)18-14-7-8-14/h5-6,9-10,13-14,18H,7-8,11H2,1-4H3. The van der Waals surface area contributed by atoms with Crippen LogP contribution in [0.15, 0.2) is 29.2 Å². The van der Waals surface area contributed by atoms with Crippen LogP contribution >= 0.6 is 11.8 Å². The molecule has 0 amide bonds. The molecule has 0 saturated heterocycles. The molecular weight excluding hydrogens is 282 g/mol. The van der Waals surface area contributed by atoms with E-state index in [1.54, 1.807) is 11.8 Å². The zero-order valence-electron chi connectivity index (χ0n) is 13.3. The van der Waals surface area contributed by atoms with E-state index in [1.807, 2.05) is 6.92 Å². The number of hydrogen-bond donors (Lipinski definition) is 1. The molecule has 0 aromatic heterocycles. The number of hydrogen-bond acceptors (Lipinski definition) is 4.